The van der Waals surface area contributed by atoms with Gasteiger partial charge in [-0.3, -0.25) is 9.59 Å². The van der Waals surface area contributed by atoms with Crippen molar-refractivity contribution < 1.29 is 9.59 Å². The lowest BCUT2D eigenvalue weighted by Gasteiger charge is -2.22. The molecule has 162 valence electrons. The summed E-state index contributed by atoms with van der Waals surface area (Å²) in [7, 11) is 0. The van der Waals surface area contributed by atoms with E-state index in [4.69, 9.17) is 4.98 Å². The highest BCUT2D eigenvalue weighted by atomic mass is 16.2. The summed E-state index contributed by atoms with van der Waals surface area (Å²) in [6.07, 6.45) is 4.89. The minimum Gasteiger partial charge on any atom is -0.353 e. The van der Waals surface area contributed by atoms with Gasteiger partial charge in [0.15, 0.2) is 0 Å². The molecule has 0 spiro atoms. The summed E-state index contributed by atoms with van der Waals surface area (Å²) in [5, 5.41) is 2.80. The molecule has 1 aromatic heterocycles. The molecule has 0 fully saturated rings. The number of hydrogen-bond donors (Lipinski definition) is 1. The van der Waals surface area contributed by atoms with Crippen LogP contribution < -0.4 is 10.2 Å². The standard InChI is InChI=1S/C25H30N4O2/c1-3-24(30)26-18-12-6-9-17-23-27-21-15-10-11-16-22(21)29(23)19-25(31)28(4-2)20-13-7-5-8-14-20/h3,5,7-8,10-11,13-16H,1,4,6,9,12,17-19H2,2H3,(H,26,30). The Kier molecular flexibility index (Phi) is 7.98. The number of rotatable bonds is 11. The molecule has 0 aliphatic carbocycles. The summed E-state index contributed by atoms with van der Waals surface area (Å²) in [5.74, 6) is 0.832. The molecule has 31 heavy (non-hydrogen) atoms. The van der Waals surface area contributed by atoms with Gasteiger partial charge in [-0.05, 0) is 50.1 Å². The van der Waals surface area contributed by atoms with Crippen LogP contribution in [0.4, 0.5) is 5.69 Å². The van der Waals surface area contributed by atoms with E-state index in [1.165, 1.54) is 6.08 Å². The van der Waals surface area contributed by atoms with Crippen LogP contribution in [-0.2, 0) is 22.6 Å². The lowest BCUT2D eigenvalue weighted by Crippen LogP contribution is -2.34. The molecule has 6 heteroatoms. The normalized spacial score (nSPS) is 10.7. The Bertz CT molecular complexity index is 1030. The average Bonchev–Trinajstić information content (AvgIpc) is 3.14. The number of unbranched alkanes of at least 4 members (excludes halogenated alkanes) is 2. The predicted octanol–water partition coefficient (Wildman–Crippen LogP) is 4.10. The molecule has 0 aliphatic heterocycles. The summed E-state index contributed by atoms with van der Waals surface area (Å²) < 4.78 is 2.04. The zero-order chi connectivity index (χ0) is 22.1. The Hall–Kier alpha value is -3.41. The topological polar surface area (TPSA) is 67.2 Å². The SMILES string of the molecule is C=CC(=O)NCCCCCc1nc2ccccc2n1CC(=O)N(CC)c1ccccc1. The summed E-state index contributed by atoms with van der Waals surface area (Å²) in [5.41, 5.74) is 2.79. The van der Waals surface area contributed by atoms with Gasteiger partial charge in [0, 0.05) is 25.2 Å². The highest BCUT2D eigenvalue weighted by Gasteiger charge is 2.18. The number of fused-ring (bicyclic) bond motifs is 1. The molecular weight excluding hydrogens is 388 g/mol. The number of nitrogens with one attached hydrogen (secondary N) is 1. The zero-order valence-corrected chi connectivity index (χ0v) is 18.1. The maximum Gasteiger partial charge on any atom is 0.246 e. The van der Waals surface area contributed by atoms with E-state index < -0.39 is 0 Å². The number of amides is 2. The molecule has 0 unspecified atom stereocenters. The van der Waals surface area contributed by atoms with E-state index in [0.29, 0.717) is 13.1 Å². The first-order valence-electron chi connectivity index (χ1n) is 10.8. The minimum absolute atomic E-state index is 0.0465. The van der Waals surface area contributed by atoms with Gasteiger partial charge >= 0.3 is 0 Å². The lowest BCUT2D eigenvalue weighted by atomic mass is 10.2. The largest absolute Gasteiger partial charge is 0.353 e. The number of likely N-dealkylation sites (N-methyl/N-ethyl adjacent to an activating group) is 1. The van der Waals surface area contributed by atoms with Gasteiger partial charge in [0.2, 0.25) is 11.8 Å². The van der Waals surface area contributed by atoms with E-state index in [1.807, 2.05) is 66.1 Å². The molecule has 3 rings (SSSR count). The molecule has 0 radical (unpaired) electrons. The third-order valence-electron chi connectivity index (χ3n) is 5.27. The molecule has 3 aromatic rings. The predicted molar refractivity (Wildman–Crippen MR) is 125 cm³/mol. The van der Waals surface area contributed by atoms with E-state index in [2.05, 4.69) is 11.9 Å². The summed E-state index contributed by atoms with van der Waals surface area (Å²) in [6.45, 7) is 6.95. The Labute approximate surface area is 183 Å². The van der Waals surface area contributed by atoms with Gasteiger partial charge in [-0.25, -0.2) is 4.98 Å². The summed E-state index contributed by atoms with van der Waals surface area (Å²) in [6, 6.07) is 17.7. The molecule has 0 atom stereocenters. The van der Waals surface area contributed by atoms with Crippen LogP contribution >= 0.6 is 0 Å². The third kappa shape index (κ3) is 5.81. The number of anilines is 1. The average molecular weight is 419 g/mol. The van der Waals surface area contributed by atoms with Crippen molar-refractivity contribution in [2.45, 2.75) is 39.2 Å². The van der Waals surface area contributed by atoms with Crippen molar-refractivity contribution in [1.29, 1.82) is 0 Å². The van der Waals surface area contributed by atoms with Crippen molar-refractivity contribution in [2.75, 3.05) is 18.0 Å². The number of nitrogens with zero attached hydrogens (tertiary/aromatic N) is 3. The van der Waals surface area contributed by atoms with E-state index in [1.54, 1.807) is 4.90 Å². The molecule has 0 saturated heterocycles. The second-order valence-corrected chi connectivity index (χ2v) is 7.38. The van der Waals surface area contributed by atoms with Gasteiger partial charge in [-0.2, -0.15) is 0 Å². The fourth-order valence-electron chi connectivity index (χ4n) is 3.69. The number of benzene rings is 2. The summed E-state index contributed by atoms with van der Waals surface area (Å²) in [4.78, 5) is 31.0. The molecule has 6 nitrogen and oxygen atoms in total. The Balaban J connectivity index is 1.69. The molecule has 0 bridgehead atoms. The van der Waals surface area contributed by atoms with E-state index in [-0.39, 0.29) is 18.4 Å². The second-order valence-electron chi connectivity index (χ2n) is 7.38. The highest BCUT2D eigenvalue weighted by molar-refractivity contribution is 5.94. The maximum absolute atomic E-state index is 13.2. The van der Waals surface area contributed by atoms with Crippen LogP contribution in [0.15, 0.2) is 67.3 Å². The molecule has 1 heterocycles. The first-order valence-corrected chi connectivity index (χ1v) is 10.8. The van der Waals surface area contributed by atoms with Crippen LogP contribution in [0.25, 0.3) is 11.0 Å². The van der Waals surface area contributed by atoms with Crippen LogP contribution in [-0.4, -0.2) is 34.5 Å². The Morgan fingerprint density at radius 3 is 2.55 bits per heavy atom. The van der Waals surface area contributed by atoms with Crippen molar-refractivity contribution >= 4 is 28.5 Å². The van der Waals surface area contributed by atoms with Crippen LogP contribution in [0, 0.1) is 0 Å². The number of hydrogen-bond acceptors (Lipinski definition) is 3. The van der Waals surface area contributed by atoms with Crippen LogP contribution in [0.5, 0.6) is 0 Å². The van der Waals surface area contributed by atoms with Crippen molar-refractivity contribution in [2.24, 2.45) is 0 Å². The molecule has 2 aromatic carbocycles. The molecular formula is C25H30N4O2. The van der Waals surface area contributed by atoms with Crippen molar-refractivity contribution in [1.82, 2.24) is 14.9 Å². The lowest BCUT2D eigenvalue weighted by molar-refractivity contribution is -0.119. The quantitative estimate of drug-likeness (QED) is 0.376. The Morgan fingerprint density at radius 2 is 1.81 bits per heavy atom. The van der Waals surface area contributed by atoms with Gasteiger partial charge in [0.05, 0.1) is 11.0 Å². The number of carbonyl (C=O) groups is 2. The van der Waals surface area contributed by atoms with E-state index >= 15 is 0 Å². The third-order valence-corrected chi connectivity index (χ3v) is 5.27. The molecule has 2 amide bonds. The van der Waals surface area contributed by atoms with Gasteiger partial charge in [0.25, 0.3) is 0 Å². The summed E-state index contributed by atoms with van der Waals surface area (Å²) >= 11 is 0. The number of aromatic nitrogens is 2. The van der Waals surface area contributed by atoms with Gasteiger partial charge in [-0.1, -0.05) is 43.3 Å². The van der Waals surface area contributed by atoms with Crippen LogP contribution in [0.2, 0.25) is 0 Å². The number of aryl methyl sites for hydroxylation is 1. The fraction of sp³-hybridized carbons (Fsp3) is 0.320. The van der Waals surface area contributed by atoms with Crippen molar-refractivity contribution in [3.8, 4) is 0 Å². The first-order chi connectivity index (χ1) is 15.1. The van der Waals surface area contributed by atoms with Gasteiger partial charge in [-0.15, -0.1) is 0 Å². The monoisotopic (exact) mass is 418 g/mol. The second kappa shape index (κ2) is 11.1. The fourth-order valence-corrected chi connectivity index (χ4v) is 3.69. The maximum atomic E-state index is 13.2. The number of para-hydroxylation sites is 3. The Morgan fingerprint density at radius 1 is 1.06 bits per heavy atom. The smallest absolute Gasteiger partial charge is 0.246 e. The zero-order valence-electron chi connectivity index (χ0n) is 18.1. The van der Waals surface area contributed by atoms with Crippen LogP contribution in [0.3, 0.4) is 0 Å². The molecule has 0 saturated carbocycles. The minimum atomic E-state index is -0.140. The number of carbonyl (C=O) groups excluding carboxylic acids is 2. The van der Waals surface area contributed by atoms with E-state index in [9.17, 15) is 9.59 Å². The van der Waals surface area contributed by atoms with Gasteiger partial charge < -0.3 is 14.8 Å². The number of imidazole rings is 1. The van der Waals surface area contributed by atoms with E-state index in [0.717, 1.165) is 48.2 Å². The van der Waals surface area contributed by atoms with Crippen molar-refractivity contribution in [3.05, 3.63) is 73.1 Å². The van der Waals surface area contributed by atoms with Crippen LogP contribution in [0.1, 0.15) is 32.0 Å². The molecule has 1 N–H and O–H groups in total. The highest BCUT2D eigenvalue weighted by Crippen LogP contribution is 2.20. The van der Waals surface area contributed by atoms with Crippen molar-refractivity contribution in [3.63, 3.8) is 0 Å². The molecule has 0 aliphatic rings. The first kappa shape index (κ1) is 22.3. The van der Waals surface area contributed by atoms with Gasteiger partial charge in [0.1, 0.15) is 12.4 Å².